The molecule has 1 aromatic carbocycles. The second-order valence-corrected chi connectivity index (χ2v) is 5.13. The first-order valence-corrected chi connectivity index (χ1v) is 7.51. The predicted octanol–water partition coefficient (Wildman–Crippen LogP) is 1.86. The van der Waals surface area contributed by atoms with E-state index in [9.17, 15) is 4.79 Å². The minimum Gasteiger partial charge on any atom is -0.329 e. The lowest BCUT2D eigenvalue weighted by Gasteiger charge is -2.07. The number of imidazole rings is 1. The molecule has 2 aromatic rings. The van der Waals surface area contributed by atoms with Gasteiger partial charge in [0, 0.05) is 25.6 Å². The van der Waals surface area contributed by atoms with Crippen molar-refractivity contribution in [2.24, 2.45) is 5.73 Å². The zero-order valence-electron chi connectivity index (χ0n) is 12.7. The number of nitrogens with zero attached hydrogens (tertiary/aromatic N) is 2. The average molecular weight is 302 g/mol. The topological polar surface area (TPSA) is 93.2 Å². The minimum absolute atomic E-state index is 0.558. The SMILES string of the molecule is CCCCc1nc2cc(/C=C/C(=O)NO)ccc2n1CCN. The number of hydroxylamine groups is 1. The van der Waals surface area contributed by atoms with Gasteiger partial charge in [0.2, 0.25) is 0 Å². The number of nitrogens with two attached hydrogens (primary N) is 1. The fraction of sp³-hybridized carbons (Fsp3) is 0.375. The molecule has 0 bridgehead atoms. The Hall–Kier alpha value is -2.18. The smallest absolute Gasteiger partial charge is 0.267 e. The highest BCUT2D eigenvalue weighted by Gasteiger charge is 2.10. The van der Waals surface area contributed by atoms with Gasteiger partial charge in [-0.05, 0) is 30.2 Å². The van der Waals surface area contributed by atoms with Crippen molar-refractivity contribution in [3.05, 3.63) is 35.7 Å². The number of fused-ring (bicyclic) bond motifs is 1. The van der Waals surface area contributed by atoms with Crippen LogP contribution in [0.1, 0.15) is 31.2 Å². The molecule has 4 N–H and O–H groups in total. The van der Waals surface area contributed by atoms with Gasteiger partial charge in [0.25, 0.3) is 5.91 Å². The Morgan fingerprint density at radius 3 is 3.00 bits per heavy atom. The maximum atomic E-state index is 11.0. The molecule has 0 aliphatic carbocycles. The van der Waals surface area contributed by atoms with Crippen molar-refractivity contribution in [3.63, 3.8) is 0 Å². The van der Waals surface area contributed by atoms with Gasteiger partial charge in [0.05, 0.1) is 11.0 Å². The molecule has 0 fully saturated rings. The molecule has 0 saturated heterocycles. The van der Waals surface area contributed by atoms with Crippen LogP contribution in [0.3, 0.4) is 0 Å². The Bertz CT molecular complexity index is 676. The van der Waals surface area contributed by atoms with Gasteiger partial charge in [-0.1, -0.05) is 19.4 Å². The largest absolute Gasteiger partial charge is 0.329 e. The summed E-state index contributed by atoms with van der Waals surface area (Å²) < 4.78 is 2.17. The number of hydrogen-bond acceptors (Lipinski definition) is 4. The highest BCUT2D eigenvalue weighted by molar-refractivity contribution is 5.91. The van der Waals surface area contributed by atoms with E-state index in [1.54, 1.807) is 11.6 Å². The lowest BCUT2D eigenvalue weighted by atomic mass is 10.2. The quantitative estimate of drug-likeness (QED) is 0.413. The van der Waals surface area contributed by atoms with E-state index in [1.807, 2.05) is 18.2 Å². The molecule has 1 heterocycles. The first-order valence-electron chi connectivity index (χ1n) is 7.51. The maximum Gasteiger partial charge on any atom is 0.267 e. The van der Waals surface area contributed by atoms with E-state index in [2.05, 4.69) is 11.5 Å². The third-order valence-electron chi connectivity index (χ3n) is 3.50. The molecule has 0 aliphatic rings. The van der Waals surface area contributed by atoms with Crippen LogP contribution in [0.15, 0.2) is 24.3 Å². The Labute approximate surface area is 129 Å². The molecule has 0 unspecified atom stereocenters. The van der Waals surface area contributed by atoms with Gasteiger partial charge in [-0.25, -0.2) is 10.5 Å². The van der Waals surface area contributed by atoms with E-state index in [0.717, 1.165) is 48.2 Å². The van der Waals surface area contributed by atoms with Crippen LogP contribution in [0, 0.1) is 0 Å². The summed E-state index contributed by atoms with van der Waals surface area (Å²) in [4.78, 5) is 15.7. The molecule has 0 atom stereocenters. The zero-order valence-corrected chi connectivity index (χ0v) is 12.7. The van der Waals surface area contributed by atoms with Crippen LogP contribution in [-0.4, -0.2) is 27.2 Å². The second kappa shape index (κ2) is 7.72. The number of unbranched alkanes of at least 4 members (excludes halogenated alkanes) is 1. The van der Waals surface area contributed by atoms with Crippen LogP contribution in [0.25, 0.3) is 17.1 Å². The first-order chi connectivity index (χ1) is 10.7. The molecule has 22 heavy (non-hydrogen) atoms. The number of aryl methyl sites for hydroxylation is 1. The molecule has 0 radical (unpaired) electrons. The molecule has 118 valence electrons. The van der Waals surface area contributed by atoms with E-state index in [4.69, 9.17) is 15.9 Å². The number of amides is 1. The summed E-state index contributed by atoms with van der Waals surface area (Å²) in [5.41, 5.74) is 10.1. The van der Waals surface area contributed by atoms with Gasteiger partial charge in [-0.2, -0.15) is 0 Å². The van der Waals surface area contributed by atoms with E-state index < -0.39 is 5.91 Å². The Morgan fingerprint density at radius 2 is 2.32 bits per heavy atom. The van der Waals surface area contributed by atoms with Crippen molar-refractivity contribution >= 4 is 23.0 Å². The Balaban J connectivity index is 2.36. The van der Waals surface area contributed by atoms with Crippen LogP contribution in [-0.2, 0) is 17.8 Å². The lowest BCUT2D eigenvalue weighted by molar-refractivity contribution is -0.124. The van der Waals surface area contributed by atoms with Crippen LogP contribution in [0.2, 0.25) is 0 Å². The minimum atomic E-state index is -0.558. The van der Waals surface area contributed by atoms with Crippen LogP contribution in [0.5, 0.6) is 0 Å². The summed E-state index contributed by atoms with van der Waals surface area (Å²) in [6.45, 7) is 3.48. The molecule has 0 spiro atoms. The molecular weight excluding hydrogens is 280 g/mol. The van der Waals surface area contributed by atoms with Gasteiger partial charge in [0.1, 0.15) is 5.82 Å². The lowest BCUT2D eigenvalue weighted by Crippen LogP contribution is -2.14. The van der Waals surface area contributed by atoms with E-state index >= 15 is 0 Å². The number of aromatic nitrogens is 2. The van der Waals surface area contributed by atoms with Crippen molar-refractivity contribution < 1.29 is 10.0 Å². The van der Waals surface area contributed by atoms with Gasteiger partial charge >= 0.3 is 0 Å². The summed E-state index contributed by atoms with van der Waals surface area (Å²) in [6.07, 6.45) is 6.06. The van der Waals surface area contributed by atoms with E-state index in [1.165, 1.54) is 6.08 Å². The third-order valence-corrected chi connectivity index (χ3v) is 3.50. The van der Waals surface area contributed by atoms with Crippen molar-refractivity contribution in [2.75, 3.05) is 6.54 Å². The Kier molecular flexibility index (Phi) is 5.68. The fourth-order valence-corrected chi connectivity index (χ4v) is 2.41. The van der Waals surface area contributed by atoms with Crippen molar-refractivity contribution in [2.45, 2.75) is 32.7 Å². The van der Waals surface area contributed by atoms with Gasteiger partial charge in [-0.15, -0.1) is 0 Å². The first kappa shape index (κ1) is 16.2. The van der Waals surface area contributed by atoms with Crippen LogP contribution in [0.4, 0.5) is 0 Å². The van der Waals surface area contributed by atoms with Crippen molar-refractivity contribution in [1.29, 1.82) is 0 Å². The summed E-state index contributed by atoms with van der Waals surface area (Å²) in [5.74, 6) is 0.494. The summed E-state index contributed by atoms with van der Waals surface area (Å²) >= 11 is 0. The van der Waals surface area contributed by atoms with Gasteiger partial charge in [-0.3, -0.25) is 10.0 Å². The summed E-state index contributed by atoms with van der Waals surface area (Å²) in [6, 6.07) is 5.84. The number of carbonyl (C=O) groups excluding carboxylic acids is 1. The molecule has 6 nitrogen and oxygen atoms in total. The number of hydrogen-bond donors (Lipinski definition) is 3. The van der Waals surface area contributed by atoms with Gasteiger partial charge < -0.3 is 10.3 Å². The molecule has 2 rings (SSSR count). The van der Waals surface area contributed by atoms with E-state index in [-0.39, 0.29) is 0 Å². The normalized spacial score (nSPS) is 11.4. The van der Waals surface area contributed by atoms with E-state index in [0.29, 0.717) is 6.54 Å². The predicted molar refractivity (Wildman–Crippen MR) is 86.4 cm³/mol. The summed E-state index contributed by atoms with van der Waals surface area (Å²) in [5, 5.41) is 8.49. The van der Waals surface area contributed by atoms with Crippen molar-refractivity contribution in [1.82, 2.24) is 15.0 Å². The van der Waals surface area contributed by atoms with Gasteiger partial charge in [0.15, 0.2) is 0 Å². The monoisotopic (exact) mass is 302 g/mol. The third kappa shape index (κ3) is 3.72. The molecule has 1 aromatic heterocycles. The number of rotatable bonds is 7. The average Bonchev–Trinajstić information content (AvgIpc) is 2.88. The summed E-state index contributed by atoms with van der Waals surface area (Å²) in [7, 11) is 0. The number of benzene rings is 1. The van der Waals surface area contributed by atoms with Crippen molar-refractivity contribution in [3.8, 4) is 0 Å². The maximum absolute atomic E-state index is 11.0. The van der Waals surface area contributed by atoms with Crippen LogP contribution < -0.4 is 11.2 Å². The standard InChI is InChI=1S/C16H22N4O2/c1-2-3-4-15-18-13-11-12(6-8-16(21)19-22)5-7-14(13)20(15)10-9-17/h5-8,11,22H,2-4,9-10,17H2,1H3,(H,19,21)/b8-6+. The molecule has 0 saturated carbocycles. The molecule has 6 heteroatoms. The second-order valence-electron chi connectivity index (χ2n) is 5.13. The van der Waals surface area contributed by atoms with Crippen LogP contribution >= 0.6 is 0 Å². The fourth-order valence-electron chi connectivity index (χ4n) is 2.41. The highest BCUT2D eigenvalue weighted by atomic mass is 16.5. The molecular formula is C16H22N4O2. The number of carbonyl (C=O) groups is 1. The number of nitrogens with one attached hydrogen (secondary N) is 1. The molecule has 0 aliphatic heterocycles. The zero-order chi connectivity index (χ0) is 15.9. The Morgan fingerprint density at radius 1 is 1.50 bits per heavy atom. The molecule has 1 amide bonds. The highest BCUT2D eigenvalue weighted by Crippen LogP contribution is 2.20.